The molecule has 8 nitrogen and oxygen atoms in total. The molecule has 1 fully saturated rings. The van der Waals surface area contributed by atoms with Crippen LogP contribution in [0.15, 0.2) is 65.1 Å². The quantitative estimate of drug-likeness (QED) is 0.220. The van der Waals surface area contributed by atoms with Crippen LogP contribution in [0.4, 0.5) is 14.5 Å². The molecule has 0 bridgehead atoms. The van der Waals surface area contributed by atoms with Crippen molar-refractivity contribution >= 4 is 38.5 Å². The number of hydrogen-bond donors (Lipinski definition) is 2. The van der Waals surface area contributed by atoms with E-state index in [1.54, 1.807) is 30.3 Å². The number of carbonyl (C=O) groups is 2. The highest BCUT2D eigenvalue weighted by Crippen LogP contribution is 2.42. The smallest absolute Gasteiger partial charge is 0.255 e. The maximum absolute atomic E-state index is 13.7. The number of anilines is 1. The molecule has 1 atom stereocenters. The van der Waals surface area contributed by atoms with E-state index in [0.29, 0.717) is 33.6 Å². The number of nitrogens with one attached hydrogen (secondary N) is 2. The second-order valence-corrected chi connectivity index (χ2v) is 12.6. The summed E-state index contributed by atoms with van der Waals surface area (Å²) in [7, 11) is -2.49. The molecular formula is C32H33F2N3O5S. The summed E-state index contributed by atoms with van der Waals surface area (Å²) in [5.41, 5.74) is 2.12. The van der Waals surface area contributed by atoms with Crippen molar-refractivity contribution in [3.05, 3.63) is 77.6 Å². The van der Waals surface area contributed by atoms with Crippen LogP contribution in [0.3, 0.4) is 0 Å². The minimum absolute atomic E-state index is 0.0688. The summed E-state index contributed by atoms with van der Waals surface area (Å²) in [6.07, 6.45) is 3.95. The Morgan fingerprint density at radius 1 is 1.05 bits per heavy atom. The third kappa shape index (κ3) is 6.27. The molecule has 0 aliphatic heterocycles. The van der Waals surface area contributed by atoms with Crippen molar-refractivity contribution in [2.75, 3.05) is 30.8 Å². The van der Waals surface area contributed by atoms with Gasteiger partial charge in [-0.15, -0.1) is 0 Å². The molecule has 0 spiro atoms. The van der Waals surface area contributed by atoms with Gasteiger partial charge in [-0.25, -0.2) is 17.2 Å². The highest BCUT2D eigenvalue weighted by atomic mass is 32.2. The fraction of sp³-hybridized carbons (Fsp3) is 0.312. The monoisotopic (exact) mass is 609 g/mol. The van der Waals surface area contributed by atoms with Gasteiger partial charge in [0.15, 0.2) is 0 Å². The number of amides is 2. The molecule has 1 saturated carbocycles. The molecular weight excluding hydrogens is 576 g/mol. The zero-order valence-electron chi connectivity index (χ0n) is 24.1. The van der Waals surface area contributed by atoms with Gasteiger partial charge in [0, 0.05) is 41.2 Å². The average molecular weight is 610 g/mol. The van der Waals surface area contributed by atoms with E-state index in [1.807, 2.05) is 6.92 Å². The molecule has 1 aliphatic rings. The summed E-state index contributed by atoms with van der Waals surface area (Å²) in [5, 5.41) is 6.07. The molecule has 1 aliphatic carbocycles. The summed E-state index contributed by atoms with van der Waals surface area (Å²) in [5.74, 6) is -0.561. The molecule has 1 aromatic heterocycles. The second kappa shape index (κ2) is 12.2. The van der Waals surface area contributed by atoms with E-state index in [4.69, 9.17) is 4.42 Å². The molecule has 4 aromatic rings. The Morgan fingerprint density at radius 3 is 2.37 bits per heavy atom. The first-order chi connectivity index (χ1) is 20.5. The van der Waals surface area contributed by atoms with E-state index in [0.717, 1.165) is 29.8 Å². The summed E-state index contributed by atoms with van der Waals surface area (Å²) in [4.78, 5) is 26.4. The van der Waals surface area contributed by atoms with Crippen molar-refractivity contribution in [2.45, 2.75) is 32.2 Å². The Kier molecular flexibility index (Phi) is 8.55. The highest BCUT2D eigenvalue weighted by molar-refractivity contribution is 7.92. The van der Waals surface area contributed by atoms with Crippen molar-refractivity contribution < 1.29 is 31.2 Å². The molecule has 3 aromatic carbocycles. The molecule has 0 radical (unpaired) electrons. The van der Waals surface area contributed by atoms with Crippen molar-refractivity contribution in [1.82, 2.24) is 10.6 Å². The van der Waals surface area contributed by atoms with Crippen LogP contribution in [-0.4, -0.2) is 52.8 Å². The fourth-order valence-electron chi connectivity index (χ4n) is 5.40. The van der Waals surface area contributed by atoms with Gasteiger partial charge in [-0.2, -0.15) is 0 Å². The molecule has 0 unspecified atom stereocenters. The minimum atomic E-state index is -3.96. The van der Waals surface area contributed by atoms with Gasteiger partial charge < -0.3 is 15.1 Å². The predicted octanol–water partition coefficient (Wildman–Crippen LogP) is 5.92. The van der Waals surface area contributed by atoms with Crippen LogP contribution in [0.2, 0.25) is 0 Å². The van der Waals surface area contributed by atoms with Crippen LogP contribution in [0.1, 0.15) is 46.9 Å². The summed E-state index contributed by atoms with van der Waals surface area (Å²) >= 11 is 0. The van der Waals surface area contributed by atoms with Crippen LogP contribution in [0.25, 0.3) is 33.4 Å². The Bertz CT molecular complexity index is 1780. The van der Waals surface area contributed by atoms with E-state index in [2.05, 4.69) is 10.6 Å². The van der Waals surface area contributed by atoms with Crippen molar-refractivity contribution in [1.29, 1.82) is 0 Å². The third-order valence-electron chi connectivity index (χ3n) is 7.71. The van der Waals surface area contributed by atoms with Crippen LogP contribution >= 0.6 is 0 Å². The normalized spacial score (nSPS) is 14.0. The highest BCUT2D eigenvalue weighted by Gasteiger charge is 2.31. The number of rotatable bonds is 11. The van der Waals surface area contributed by atoms with Gasteiger partial charge in [-0.3, -0.25) is 13.9 Å². The standard InChI is InChI=1S/C32H33F2N3O5S/c1-4-26(19-8-9-19)36-31(38)22-7-5-6-21(16-22)24-17-25-28(18-27(24)37(15-14-33)43(3,40)41)42-30(29(25)32(39)35-2)20-10-12-23(34)13-11-20/h5-7,10-13,16-19,26H,4,8-9,14-15H2,1-3H3,(H,35,39)(H,36,38)/t26-/m1/s1. The van der Waals surface area contributed by atoms with Gasteiger partial charge in [-0.05, 0) is 73.2 Å². The number of hydrogen-bond acceptors (Lipinski definition) is 5. The number of halogens is 2. The molecule has 43 heavy (non-hydrogen) atoms. The number of nitrogens with zero attached hydrogens (tertiary/aromatic N) is 1. The Morgan fingerprint density at radius 2 is 1.77 bits per heavy atom. The number of carbonyl (C=O) groups excluding carboxylic acids is 2. The predicted molar refractivity (Wildman–Crippen MR) is 163 cm³/mol. The van der Waals surface area contributed by atoms with E-state index < -0.39 is 35.0 Å². The molecule has 2 amide bonds. The third-order valence-corrected chi connectivity index (χ3v) is 8.89. The second-order valence-electron chi connectivity index (χ2n) is 10.7. The molecule has 0 saturated heterocycles. The number of alkyl halides is 1. The lowest BCUT2D eigenvalue weighted by molar-refractivity contribution is 0.0929. The summed E-state index contributed by atoms with van der Waals surface area (Å²) in [6.45, 7) is 0.626. The van der Waals surface area contributed by atoms with Gasteiger partial charge >= 0.3 is 0 Å². The van der Waals surface area contributed by atoms with Gasteiger partial charge in [-0.1, -0.05) is 19.1 Å². The van der Waals surface area contributed by atoms with E-state index in [-0.39, 0.29) is 34.5 Å². The van der Waals surface area contributed by atoms with Gasteiger partial charge in [0.2, 0.25) is 10.0 Å². The summed E-state index contributed by atoms with van der Waals surface area (Å²) in [6, 6.07) is 15.3. The lowest BCUT2D eigenvalue weighted by Crippen LogP contribution is -2.35. The van der Waals surface area contributed by atoms with Crippen molar-refractivity contribution in [2.24, 2.45) is 5.92 Å². The number of sulfonamides is 1. The van der Waals surface area contributed by atoms with E-state index in [1.165, 1.54) is 37.4 Å². The largest absolute Gasteiger partial charge is 0.455 e. The zero-order valence-corrected chi connectivity index (χ0v) is 24.9. The Balaban J connectivity index is 1.73. The van der Waals surface area contributed by atoms with E-state index in [9.17, 15) is 26.8 Å². The fourth-order valence-corrected chi connectivity index (χ4v) is 6.31. The van der Waals surface area contributed by atoms with Gasteiger partial charge in [0.1, 0.15) is 23.8 Å². The zero-order chi connectivity index (χ0) is 30.9. The van der Waals surface area contributed by atoms with Crippen LogP contribution in [-0.2, 0) is 10.0 Å². The number of fused-ring (bicyclic) bond motifs is 1. The first-order valence-corrected chi connectivity index (χ1v) is 15.9. The number of benzene rings is 3. The number of furan rings is 1. The Labute approximate surface area is 249 Å². The van der Waals surface area contributed by atoms with Crippen LogP contribution < -0.4 is 14.9 Å². The molecule has 1 heterocycles. The maximum Gasteiger partial charge on any atom is 0.255 e. The average Bonchev–Trinajstić information content (AvgIpc) is 3.77. The van der Waals surface area contributed by atoms with E-state index >= 15 is 0 Å². The van der Waals surface area contributed by atoms with Crippen molar-refractivity contribution in [3.63, 3.8) is 0 Å². The summed E-state index contributed by atoms with van der Waals surface area (Å²) < 4.78 is 60.2. The molecule has 5 rings (SSSR count). The Hall–Kier alpha value is -4.25. The molecule has 226 valence electrons. The first-order valence-electron chi connectivity index (χ1n) is 14.1. The van der Waals surface area contributed by atoms with Gasteiger partial charge in [0.05, 0.1) is 24.1 Å². The SMILES string of the molecule is CC[C@@H](NC(=O)c1cccc(-c2cc3c(C(=O)NC)c(-c4ccc(F)cc4)oc3cc2N(CCF)S(C)(=O)=O)c1)C1CC1. The van der Waals surface area contributed by atoms with Crippen LogP contribution in [0.5, 0.6) is 0 Å². The molecule has 11 heteroatoms. The minimum Gasteiger partial charge on any atom is -0.455 e. The van der Waals surface area contributed by atoms with Gasteiger partial charge in [0.25, 0.3) is 11.8 Å². The van der Waals surface area contributed by atoms with Crippen molar-refractivity contribution in [3.8, 4) is 22.5 Å². The van der Waals surface area contributed by atoms with Crippen LogP contribution in [0, 0.1) is 11.7 Å². The topological polar surface area (TPSA) is 109 Å². The first kappa shape index (κ1) is 30.2. The molecule has 2 N–H and O–H groups in total. The lowest BCUT2D eigenvalue weighted by Gasteiger charge is -2.24. The lowest BCUT2D eigenvalue weighted by atomic mass is 9.97. The maximum atomic E-state index is 13.7.